The van der Waals surface area contributed by atoms with Gasteiger partial charge in [-0.15, -0.1) is 0 Å². The lowest BCUT2D eigenvalue weighted by atomic mass is 9.85. The number of nitrogens with zero attached hydrogens (tertiary/aromatic N) is 1. The van der Waals surface area contributed by atoms with E-state index in [1.54, 1.807) is 60.7 Å². The number of aliphatic hydroxyl groups is 1. The Labute approximate surface area is 122 Å². The fourth-order valence-corrected chi connectivity index (χ4v) is 2.11. The Balaban J connectivity index is 2.63. The molecule has 1 atom stereocenters. The van der Waals surface area contributed by atoms with Gasteiger partial charge in [0.1, 0.15) is 5.71 Å². The van der Waals surface area contributed by atoms with Crippen molar-refractivity contribution in [1.29, 1.82) is 0 Å². The molecule has 0 aliphatic rings. The highest BCUT2D eigenvalue weighted by Gasteiger charge is 2.45. The van der Waals surface area contributed by atoms with Crippen LogP contribution in [0.25, 0.3) is 0 Å². The van der Waals surface area contributed by atoms with Crippen LogP contribution in [0.2, 0.25) is 0 Å². The van der Waals surface area contributed by atoms with E-state index in [2.05, 4.69) is 5.16 Å². The molecule has 108 valence electrons. The summed E-state index contributed by atoms with van der Waals surface area (Å²) < 4.78 is 4.69. The van der Waals surface area contributed by atoms with Crippen molar-refractivity contribution in [1.82, 2.24) is 0 Å². The molecule has 21 heavy (non-hydrogen) atoms. The third-order valence-electron chi connectivity index (χ3n) is 3.16. The van der Waals surface area contributed by atoms with E-state index in [9.17, 15) is 15.1 Å². The van der Waals surface area contributed by atoms with Gasteiger partial charge in [0.25, 0.3) is 0 Å². The molecule has 5 nitrogen and oxygen atoms in total. The molecular weight excluding hydrogens is 270 g/mol. The van der Waals surface area contributed by atoms with Gasteiger partial charge in [0.15, 0.2) is 0 Å². The molecule has 2 aromatic rings. The summed E-state index contributed by atoms with van der Waals surface area (Å²) >= 11 is 0. The molecule has 0 aliphatic carbocycles. The zero-order chi connectivity index (χ0) is 15.3. The van der Waals surface area contributed by atoms with E-state index in [1.165, 1.54) is 0 Å². The number of carbonyl (C=O) groups is 1. The molecule has 5 heteroatoms. The third kappa shape index (κ3) is 2.64. The quantitative estimate of drug-likeness (QED) is 0.389. The van der Waals surface area contributed by atoms with Gasteiger partial charge in [0.2, 0.25) is 5.60 Å². The van der Waals surface area contributed by atoms with Gasteiger partial charge in [-0.3, -0.25) is 0 Å². The van der Waals surface area contributed by atoms with Crippen LogP contribution in [-0.2, 0) is 15.1 Å². The number of methoxy groups -OCH3 is 1. The summed E-state index contributed by atoms with van der Waals surface area (Å²) in [6, 6.07) is 16.7. The third-order valence-corrected chi connectivity index (χ3v) is 3.16. The fourth-order valence-electron chi connectivity index (χ4n) is 2.11. The van der Waals surface area contributed by atoms with Crippen molar-refractivity contribution in [3.8, 4) is 0 Å². The van der Waals surface area contributed by atoms with Crippen molar-refractivity contribution in [3.05, 3.63) is 71.8 Å². The van der Waals surface area contributed by atoms with Gasteiger partial charge in [0, 0.05) is 11.1 Å². The van der Waals surface area contributed by atoms with Crippen LogP contribution in [0.15, 0.2) is 65.8 Å². The van der Waals surface area contributed by atoms with E-state index in [0.29, 0.717) is 5.56 Å². The molecule has 0 heterocycles. The number of oxime groups is 1. The van der Waals surface area contributed by atoms with E-state index in [4.69, 9.17) is 4.74 Å². The van der Waals surface area contributed by atoms with Gasteiger partial charge in [0.05, 0.1) is 7.11 Å². The second-order valence-corrected chi connectivity index (χ2v) is 4.38. The van der Waals surface area contributed by atoms with E-state index in [0.717, 1.165) is 7.11 Å². The first-order valence-corrected chi connectivity index (χ1v) is 6.29. The summed E-state index contributed by atoms with van der Waals surface area (Å²) in [7, 11) is 1.16. The lowest BCUT2D eigenvalue weighted by molar-refractivity contribution is -0.156. The number of esters is 1. The molecular formula is C16H15NO4. The first-order valence-electron chi connectivity index (χ1n) is 6.29. The maximum absolute atomic E-state index is 12.1. The van der Waals surface area contributed by atoms with Crippen LogP contribution in [-0.4, -0.2) is 29.1 Å². The molecule has 0 aliphatic heterocycles. The fraction of sp³-hybridized carbons (Fsp3) is 0.125. The van der Waals surface area contributed by atoms with Crippen LogP contribution >= 0.6 is 0 Å². The van der Waals surface area contributed by atoms with Crippen molar-refractivity contribution < 1.29 is 19.8 Å². The second kappa shape index (κ2) is 6.19. The molecule has 0 amide bonds. The standard InChI is InChI=1S/C16H15NO4/c1-21-15(18)16(19,13-10-6-3-7-11-13)14(17-20)12-8-4-2-5-9-12/h2-11,19-20H,1H3/b17-14-/t16-/m1/s1. The Morgan fingerprint density at radius 3 is 2.05 bits per heavy atom. The van der Waals surface area contributed by atoms with Crippen LogP contribution in [0.4, 0.5) is 0 Å². The van der Waals surface area contributed by atoms with E-state index in [-0.39, 0.29) is 11.3 Å². The monoisotopic (exact) mass is 285 g/mol. The highest BCUT2D eigenvalue weighted by molar-refractivity contribution is 6.18. The molecule has 0 fully saturated rings. The van der Waals surface area contributed by atoms with Crippen LogP contribution in [0.5, 0.6) is 0 Å². The Morgan fingerprint density at radius 1 is 1.05 bits per heavy atom. The van der Waals surface area contributed by atoms with Crippen molar-refractivity contribution in [3.63, 3.8) is 0 Å². The summed E-state index contributed by atoms with van der Waals surface area (Å²) in [5, 5.41) is 23.4. The molecule has 0 radical (unpaired) electrons. The first-order chi connectivity index (χ1) is 10.1. The number of carbonyl (C=O) groups excluding carboxylic acids is 1. The molecule has 2 aromatic carbocycles. The van der Waals surface area contributed by atoms with Crippen molar-refractivity contribution >= 4 is 11.7 Å². The Hall–Kier alpha value is -2.66. The van der Waals surface area contributed by atoms with Gasteiger partial charge in [-0.1, -0.05) is 65.8 Å². The number of benzene rings is 2. The summed E-state index contributed by atoms with van der Waals surface area (Å²) in [5.74, 6) is -0.926. The summed E-state index contributed by atoms with van der Waals surface area (Å²) in [4.78, 5) is 12.1. The zero-order valence-corrected chi connectivity index (χ0v) is 11.4. The Kier molecular flexibility index (Phi) is 4.35. The van der Waals surface area contributed by atoms with Crippen LogP contribution < -0.4 is 0 Å². The maximum Gasteiger partial charge on any atom is 0.349 e. The second-order valence-electron chi connectivity index (χ2n) is 4.38. The van der Waals surface area contributed by atoms with Gasteiger partial charge in [-0.05, 0) is 0 Å². The minimum atomic E-state index is -2.19. The maximum atomic E-state index is 12.1. The molecule has 0 saturated carbocycles. The smallest absolute Gasteiger partial charge is 0.349 e. The minimum Gasteiger partial charge on any atom is -0.466 e. The zero-order valence-electron chi connectivity index (χ0n) is 11.4. The number of ether oxygens (including phenoxy) is 1. The van der Waals surface area contributed by atoms with Crippen molar-refractivity contribution in [2.24, 2.45) is 5.16 Å². The Bertz CT molecular complexity index is 640. The van der Waals surface area contributed by atoms with Crippen molar-refractivity contribution in [2.75, 3.05) is 7.11 Å². The van der Waals surface area contributed by atoms with Crippen LogP contribution in [0.1, 0.15) is 11.1 Å². The number of rotatable bonds is 4. The van der Waals surface area contributed by atoms with Gasteiger partial charge >= 0.3 is 5.97 Å². The summed E-state index contributed by atoms with van der Waals surface area (Å²) in [5.41, 5.74) is -1.71. The van der Waals surface area contributed by atoms with Gasteiger partial charge < -0.3 is 15.1 Å². The van der Waals surface area contributed by atoms with E-state index >= 15 is 0 Å². The summed E-state index contributed by atoms with van der Waals surface area (Å²) in [6.45, 7) is 0. The number of hydrogen-bond acceptors (Lipinski definition) is 5. The van der Waals surface area contributed by atoms with Gasteiger partial charge in [-0.25, -0.2) is 4.79 Å². The molecule has 0 saturated heterocycles. The molecule has 0 spiro atoms. The average Bonchev–Trinajstić information content (AvgIpc) is 2.56. The SMILES string of the molecule is COC(=O)[C@](O)(/C(=N\O)c1ccccc1)c1ccccc1. The highest BCUT2D eigenvalue weighted by Crippen LogP contribution is 2.28. The Morgan fingerprint density at radius 2 is 1.57 bits per heavy atom. The average molecular weight is 285 g/mol. The largest absolute Gasteiger partial charge is 0.466 e. The topological polar surface area (TPSA) is 79.1 Å². The normalized spacial score (nSPS) is 14.3. The molecule has 0 bridgehead atoms. The van der Waals surface area contributed by atoms with E-state index in [1.807, 2.05) is 0 Å². The van der Waals surface area contributed by atoms with Crippen molar-refractivity contribution in [2.45, 2.75) is 5.60 Å². The van der Waals surface area contributed by atoms with Crippen LogP contribution in [0.3, 0.4) is 0 Å². The molecule has 2 rings (SSSR count). The van der Waals surface area contributed by atoms with Crippen LogP contribution in [0, 0.1) is 0 Å². The minimum absolute atomic E-state index is 0.193. The van der Waals surface area contributed by atoms with Gasteiger partial charge in [-0.2, -0.15) is 0 Å². The first kappa shape index (κ1) is 14.7. The predicted molar refractivity (Wildman–Crippen MR) is 77.1 cm³/mol. The highest BCUT2D eigenvalue weighted by atomic mass is 16.5. The lowest BCUT2D eigenvalue weighted by Crippen LogP contribution is -2.45. The lowest BCUT2D eigenvalue weighted by Gasteiger charge is -2.26. The molecule has 0 aromatic heterocycles. The number of hydrogen-bond donors (Lipinski definition) is 2. The summed E-state index contributed by atoms with van der Waals surface area (Å²) in [6.07, 6.45) is 0. The molecule has 0 unspecified atom stereocenters. The van der Waals surface area contributed by atoms with E-state index < -0.39 is 11.6 Å². The predicted octanol–water partition coefficient (Wildman–Crippen LogP) is 1.93. The molecule has 2 N–H and O–H groups in total.